The zero-order chi connectivity index (χ0) is 35.4. The Morgan fingerprint density at radius 2 is 1.77 bits per heavy atom. The topological polar surface area (TPSA) is 125 Å². The number of piperidine rings is 1. The number of nitrogens with one attached hydrogen (secondary N) is 1. The summed E-state index contributed by atoms with van der Waals surface area (Å²) in [5, 5.41) is 13.5. The van der Waals surface area contributed by atoms with Crippen molar-refractivity contribution >= 4 is 35.3 Å². The Morgan fingerprint density at radius 3 is 2.35 bits per heavy atom. The van der Waals surface area contributed by atoms with Gasteiger partial charge in [0.15, 0.2) is 0 Å². The Balaban J connectivity index is 1.24. The molecule has 0 aliphatic carbocycles. The first-order valence-corrected chi connectivity index (χ1v) is 16.2. The molecule has 11 nitrogen and oxygen atoms in total. The number of hydrogen-bond donors (Lipinski definition) is 2. The number of alkyl halides is 3. The lowest BCUT2D eigenvalue weighted by Gasteiger charge is -2.39. The number of hydrogen-bond acceptors (Lipinski definition) is 8. The van der Waals surface area contributed by atoms with Crippen LogP contribution in [0.15, 0.2) is 36.4 Å². The number of ether oxygens (including phenoxy) is 2. The third kappa shape index (κ3) is 8.62. The summed E-state index contributed by atoms with van der Waals surface area (Å²) in [7, 11) is 2.54. The van der Waals surface area contributed by atoms with E-state index in [9.17, 15) is 32.7 Å². The highest BCUT2D eigenvalue weighted by atomic mass is 35.5. The highest BCUT2D eigenvalue weighted by molar-refractivity contribution is 6.32. The fourth-order valence-electron chi connectivity index (χ4n) is 5.84. The van der Waals surface area contributed by atoms with Crippen LogP contribution in [0.1, 0.15) is 62.4 Å². The number of amides is 3. The van der Waals surface area contributed by atoms with Crippen molar-refractivity contribution in [3.05, 3.63) is 52.7 Å². The summed E-state index contributed by atoms with van der Waals surface area (Å²) < 4.78 is 52.4. The molecule has 0 spiro atoms. The van der Waals surface area contributed by atoms with E-state index < -0.39 is 34.9 Å². The van der Waals surface area contributed by atoms with E-state index in [0.717, 1.165) is 29.9 Å². The number of carbonyl (C=O) groups excluding carboxylic acids is 3. The molecular weight excluding hydrogens is 655 g/mol. The summed E-state index contributed by atoms with van der Waals surface area (Å²) in [4.78, 5) is 47.0. The molecule has 2 N–H and O–H groups in total. The molecule has 48 heavy (non-hydrogen) atoms. The summed E-state index contributed by atoms with van der Waals surface area (Å²) in [5.74, 6) is -0.711. The lowest BCUT2D eigenvalue weighted by atomic mass is 9.90. The zero-order valence-electron chi connectivity index (χ0n) is 27.8. The maximum Gasteiger partial charge on any atom is 0.430 e. The van der Waals surface area contributed by atoms with Gasteiger partial charge in [0.1, 0.15) is 22.3 Å². The maximum absolute atomic E-state index is 14.1. The number of halogens is 4. The quantitative estimate of drug-likeness (QED) is 0.333. The lowest BCUT2D eigenvalue weighted by Crippen LogP contribution is -2.61. The van der Waals surface area contributed by atoms with E-state index in [1.165, 1.54) is 26.3 Å². The number of benzene rings is 1. The zero-order valence-corrected chi connectivity index (χ0v) is 28.5. The maximum atomic E-state index is 14.1. The lowest BCUT2D eigenvalue weighted by molar-refractivity contribution is -0.261. The Labute approximate surface area is 283 Å². The van der Waals surface area contributed by atoms with Crippen molar-refractivity contribution in [1.82, 2.24) is 20.1 Å². The van der Waals surface area contributed by atoms with Crippen molar-refractivity contribution in [2.24, 2.45) is 5.92 Å². The summed E-state index contributed by atoms with van der Waals surface area (Å²) in [6.45, 7) is 7.37. The number of aliphatic hydroxyl groups is 1. The first-order chi connectivity index (χ1) is 22.4. The molecule has 1 aromatic carbocycles. The molecule has 1 aromatic heterocycles. The Bertz CT molecular complexity index is 1470. The Morgan fingerprint density at radius 1 is 1.10 bits per heavy atom. The van der Waals surface area contributed by atoms with Gasteiger partial charge in [-0.25, -0.2) is 9.78 Å². The number of carbonyl (C=O) groups is 3. The number of methoxy groups -OCH3 is 1. The SMILES string of the molecule is COc1cccc(C(O)(C(=O)N(C)CCCC2CCN(c3ccc(C(=O)N4CC(NC(=O)OC(C)(C)C)C4)c(Cl)n3)CC2)C(F)(F)F)c1. The summed E-state index contributed by atoms with van der Waals surface area (Å²) >= 11 is 6.43. The van der Waals surface area contributed by atoms with E-state index in [1.807, 2.05) is 0 Å². The number of aromatic nitrogens is 1. The third-order valence-electron chi connectivity index (χ3n) is 8.55. The van der Waals surface area contributed by atoms with E-state index in [2.05, 4.69) is 15.2 Å². The second-order valence-corrected chi connectivity index (χ2v) is 13.7. The average molecular weight is 698 g/mol. The van der Waals surface area contributed by atoms with Crippen molar-refractivity contribution < 1.29 is 42.1 Å². The summed E-state index contributed by atoms with van der Waals surface area (Å²) in [6, 6.07) is 7.97. The second-order valence-electron chi connectivity index (χ2n) is 13.3. The minimum atomic E-state index is -5.24. The number of anilines is 1. The third-order valence-corrected chi connectivity index (χ3v) is 8.84. The van der Waals surface area contributed by atoms with Gasteiger partial charge in [-0.2, -0.15) is 13.2 Å². The second kappa shape index (κ2) is 14.8. The van der Waals surface area contributed by atoms with Gasteiger partial charge in [0, 0.05) is 45.3 Å². The van der Waals surface area contributed by atoms with Gasteiger partial charge < -0.3 is 34.6 Å². The van der Waals surface area contributed by atoms with E-state index >= 15 is 0 Å². The molecule has 2 aliphatic heterocycles. The van der Waals surface area contributed by atoms with Gasteiger partial charge in [-0.05, 0) is 76.6 Å². The molecule has 264 valence electrons. The molecule has 3 heterocycles. The summed E-state index contributed by atoms with van der Waals surface area (Å²) in [5.41, 5.74) is -4.65. The van der Waals surface area contributed by atoms with Crippen LogP contribution >= 0.6 is 11.6 Å². The number of likely N-dealkylation sites (tertiary alicyclic amines) is 1. The number of rotatable bonds is 10. The largest absolute Gasteiger partial charge is 0.497 e. The van der Waals surface area contributed by atoms with Crippen LogP contribution in [0.25, 0.3) is 0 Å². The van der Waals surface area contributed by atoms with Crippen molar-refractivity contribution in [3.8, 4) is 5.75 Å². The number of likely N-dealkylation sites (N-methyl/N-ethyl adjacent to an activating group) is 1. The van der Waals surface area contributed by atoms with Gasteiger partial charge in [0.25, 0.3) is 17.4 Å². The molecule has 0 saturated carbocycles. The highest BCUT2D eigenvalue weighted by Gasteiger charge is 2.61. The fraction of sp³-hybridized carbons (Fsp3) is 0.576. The smallest absolute Gasteiger partial charge is 0.430 e. The van der Waals surface area contributed by atoms with E-state index in [1.54, 1.807) is 37.8 Å². The van der Waals surface area contributed by atoms with Crippen LogP contribution in [0.2, 0.25) is 5.15 Å². The van der Waals surface area contributed by atoms with Gasteiger partial charge in [-0.3, -0.25) is 9.59 Å². The number of nitrogens with zero attached hydrogens (tertiary/aromatic N) is 4. The molecule has 0 bridgehead atoms. The van der Waals surface area contributed by atoms with E-state index in [4.69, 9.17) is 21.1 Å². The molecule has 1 atom stereocenters. The first kappa shape index (κ1) is 37.0. The van der Waals surface area contributed by atoms with Gasteiger partial charge in [0.2, 0.25) is 0 Å². The van der Waals surface area contributed by atoms with Gasteiger partial charge in [-0.15, -0.1) is 0 Å². The van der Waals surface area contributed by atoms with Crippen molar-refractivity contribution in [3.63, 3.8) is 0 Å². The van der Waals surface area contributed by atoms with Crippen LogP contribution in [0.3, 0.4) is 0 Å². The van der Waals surface area contributed by atoms with Crippen molar-refractivity contribution in [2.45, 2.75) is 69.9 Å². The van der Waals surface area contributed by atoms with Crippen LogP contribution in [0.5, 0.6) is 5.75 Å². The monoisotopic (exact) mass is 697 g/mol. The molecule has 2 saturated heterocycles. The normalized spacial score (nSPS) is 17.3. The fourth-order valence-corrected chi connectivity index (χ4v) is 6.07. The molecule has 15 heteroatoms. The van der Waals surface area contributed by atoms with Gasteiger partial charge in [-0.1, -0.05) is 23.7 Å². The molecule has 2 fully saturated rings. The van der Waals surface area contributed by atoms with Crippen molar-refractivity contribution in [2.75, 3.05) is 51.8 Å². The highest BCUT2D eigenvalue weighted by Crippen LogP contribution is 2.41. The van der Waals surface area contributed by atoms with Crippen LogP contribution in [-0.4, -0.2) is 102 Å². The van der Waals surface area contributed by atoms with Crippen LogP contribution < -0.4 is 15.0 Å². The van der Waals surface area contributed by atoms with Crippen LogP contribution in [-0.2, 0) is 15.1 Å². The van der Waals surface area contributed by atoms with E-state index in [-0.39, 0.29) is 40.9 Å². The standard InChI is InChI=1S/C33H43ClF3N5O6/c1-31(2,3)48-30(45)38-23-19-42(20-23)28(43)25-11-12-26(39-27(25)34)41-16-13-21(14-17-41)8-7-15-40(4)29(44)32(46,33(35,36)37)22-9-6-10-24(18-22)47-5/h6,9-12,18,21,23,46H,7-8,13-17,19-20H2,1-5H3,(H,38,45). The van der Waals surface area contributed by atoms with Gasteiger partial charge in [0.05, 0.1) is 18.7 Å². The predicted molar refractivity (Wildman–Crippen MR) is 173 cm³/mol. The molecule has 3 amide bonds. The number of pyridine rings is 1. The summed E-state index contributed by atoms with van der Waals surface area (Å²) in [6.07, 6.45) is -3.02. The van der Waals surface area contributed by atoms with Gasteiger partial charge >= 0.3 is 12.3 Å². The molecule has 0 radical (unpaired) electrons. The predicted octanol–water partition coefficient (Wildman–Crippen LogP) is 5.00. The van der Waals surface area contributed by atoms with Crippen molar-refractivity contribution in [1.29, 1.82) is 0 Å². The number of alkyl carbamates (subject to hydrolysis) is 1. The molecular formula is C33H43ClF3N5O6. The Kier molecular flexibility index (Phi) is 11.4. The molecule has 2 aliphatic rings. The first-order valence-electron chi connectivity index (χ1n) is 15.8. The molecule has 2 aromatic rings. The average Bonchev–Trinajstić information content (AvgIpc) is 3.00. The molecule has 4 rings (SSSR count). The Hall–Kier alpha value is -3.78. The van der Waals surface area contributed by atoms with Crippen LogP contribution in [0.4, 0.5) is 23.8 Å². The minimum absolute atomic E-state index is 0.0445. The van der Waals surface area contributed by atoms with Crippen LogP contribution in [0, 0.1) is 5.92 Å². The molecule has 1 unspecified atom stereocenters. The minimum Gasteiger partial charge on any atom is -0.497 e. The van der Waals surface area contributed by atoms with E-state index in [0.29, 0.717) is 44.8 Å².